The number of aromatic amines is 1. The van der Waals surface area contributed by atoms with Crippen LogP contribution >= 0.6 is 0 Å². The van der Waals surface area contributed by atoms with Crippen LogP contribution < -0.4 is 0 Å². The molecule has 0 aliphatic heterocycles. The molecule has 2 aromatic heterocycles. The molecule has 2 N–H and O–H groups in total. The van der Waals surface area contributed by atoms with Gasteiger partial charge in [-0.15, -0.1) is 0 Å². The summed E-state index contributed by atoms with van der Waals surface area (Å²) in [6.45, 7) is 0. The van der Waals surface area contributed by atoms with E-state index in [1.54, 1.807) is 30.5 Å². The third-order valence-electron chi connectivity index (χ3n) is 2.49. The Balaban J connectivity index is 1.98. The Morgan fingerprint density at radius 2 is 1.94 bits per heavy atom. The van der Waals surface area contributed by atoms with Crippen molar-refractivity contribution in [3.8, 4) is 28.7 Å². The van der Waals surface area contributed by atoms with Crippen molar-refractivity contribution in [2.45, 2.75) is 0 Å². The molecule has 0 unspecified atom stereocenters. The van der Waals surface area contributed by atoms with Crippen molar-refractivity contribution in [2.75, 3.05) is 0 Å². The number of nitrogens with zero attached hydrogens (tertiary/aromatic N) is 1. The van der Waals surface area contributed by atoms with E-state index >= 15 is 0 Å². The monoisotopic (exact) mass is 226 g/mol. The third-order valence-corrected chi connectivity index (χ3v) is 2.49. The second kappa shape index (κ2) is 3.83. The number of phenolic OH excluding ortho intramolecular Hbond substituents is 1. The molecule has 0 saturated carbocycles. The average Bonchev–Trinajstić information content (AvgIpc) is 3.00. The van der Waals surface area contributed by atoms with Gasteiger partial charge in [-0.2, -0.15) is 0 Å². The molecule has 0 saturated heterocycles. The first-order chi connectivity index (χ1) is 8.33. The molecule has 2 heterocycles. The molecule has 0 radical (unpaired) electrons. The fourth-order valence-electron chi connectivity index (χ4n) is 1.62. The van der Waals surface area contributed by atoms with Gasteiger partial charge in [-0.25, -0.2) is 4.98 Å². The van der Waals surface area contributed by atoms with E-state index in [0.29, 0.717) is 11.7 Å². The first-order valence-corrected chi connectivity index (χ1v) is 5.22. The van der Waals surface area contributed by atoms with Crippen LogP contribution in [0.5, 0.6) is 5.75 Å². The lowest BCUT2D eigenvalue weighted by Gasteiger charge is -1.96. The van der Waals surface area contributed by atoms with Crippen molar-refractivity contribution in [3.63, 3.8) is 0 Å². The van der Waals surface area contributed by atoms with Gasteiger partial charge in [0.05, 0.1) is 6.20 Å². The summed E-state index contributed by atoms with van der Waals surface area (Å²) in [5, 5.41) is 9.21. The van der Waals surface area contributed by atoms with Gasteiger partial charge in [-0.3, -0.25) is 0 Å². The topological polar surface area (TPSA) is 62.1 Å². The molecule has 4 heteroatoms. The normalized spacial score (nSPS) is 10.6. The van der Waals surface area contributed by atoms with Crippen molar-refractivity contribution in [2.24, 2.45) is 0 Å². The summed E-state index contributed by atoms with van der Waals surface area (Å²) in [6.07, 6.45) is 3.49. The number of hydrogen-bond acceptors (Lipinski definition) is 3. The van der Waals surface area contributed by atoms with Gasteiger partial charge in [0.25, 0.3) is 0 Å². The summed E-state index contributed by atoms with van der Waals surface area (Å²) < 4.78 is 5.63. The minimum atomic E-state index is 0.234. The first kappa shape index (κ1) is 9.72. The fourth-order valence-corrected chi connectivity index (χ4v) is 1.62. The summed E-state index contributed by atoms with van der Waals surface area (Å²) in [5.41, 5.74) is 1.73. The Morgan fingerprint density at radius 1 is 1.12 bits per heavy atom. The van der Waals surface area contributed by atoms with Gasteiger partial charge in [0.2, 0.25) is 5.89 Å². The average molecular weight is 226 g/mol. The zero-order valence-corrected chi connectivity index (χ0v) is 8.92. The van der Waals surface area contributed by atoms with Gasteiger partial charge < -0.3 is 14.5 Å². The van der Waals surface area contributed by atoms with Crippen LogP contribution in [0.15, 0.2) is 53.2 Å². The Morgan fingerprint density at radius 3 is 2.65 bits per heavy atom. The summed E-state index contributed by atoms with van der Waals surface area (Å²) in [4.78, 5) is 7.23. The minimum absolute atomic E-state index is 0.234. The predicted molar refractivity (Wildman–Crippen MR) is 63.4 cm³/mol. The van der Waals surface area contributed by atoms with Crippen LogP contribution in [-0.2, 0) is 0 Å². The molecule has 0 aliphatic carbocycles. The van der Waals surface area contributed by atoms with Crippen LogP contribution in [0.1, 0.15) is 0 Å². The standard InChI is InChI=1S/C13H10N2O2/c16-10-5-3-9(4-6-10)12-8-15-13(17-12)11-2-1-7-14-11/h1-8,14,16H. The van der Waals surface area contributed by atoms with E-state index in [1.807, 2.05) is 18.3 Å². The van der Waals surface area contributed by atoms with Crippen LogP contribution in [0.25, 0.3) is 22.9 Å². The van der Waals surface area contributed by atoms with E-state index in [9.17, 15) is 5.11 Å². The molecule has 1 aromatic carbocycles. The summed E-state index contributed by atoms with van der Waals surface area (Å²) in [6, 6.07) is 10.6. The lowest BCUT2D eigenvalue weighted by molar-refractivity contribution is 0.475. The SMILES string of the molecule is Oc1ccc(-c2cnc(-c3ccc[nH]3)o2)cc1. The van der Waals surface area contributed by atoms with Crippen molar-refractivity contribution in [1.82, 2.24) is 9.97 Å². The number of phenols is 1. The number of benzene rings is 1. The lowest BCUT2D eigenvalue weighted by Crippen LogP contribution is -1.74. The minimum Gasteiger partial charge on any atom is -0.508 e. The Labute approximate surface area is 97.6 Å². The van der Waals surface area contributed by atoms with Crippen LogP contribution in [0.2, 0.25) is 0 Å². The Bertz CT molecular complexity index is 609. The quantitative estimate of drug-likeness (QED) is 0.706. The molecule has 4 nitrogen and oxygen atoms in total. The van der Waals surface area contributed by atoms with Crippen molar-refractivity contribution >= 4 is 0 Å². The van der Waals surface area contributed by atoms with Crippen LogP contribution in [0.4, 0.5) is 0 Å². The highest BCUT2D eigenvalue weighted by atomic mass is 16.4. The van der Waals surface area contributed by atoms with E-state index in [4.69, 9.17) is 4.42 Å². The van der Waals surface area contributed by atoms with Crippen LogP contribution in [0, 0.1) is 0 Å². The Hall–Kier alpha value is -2.49. The molecule has 0 spiro atoms. The summed E-state index contributed by atoms with van der Waals surface area (Å²) in [7, 11) is 0. The second-order valence-electron chi connectivity index (χ2n) is 3.66. The maximum Gasteiger partial charge on any atom is 0.243 e. The number of aromatic nitrogens is 2. The highest BCUT2D eigenvalue weighted by molar-refractivity contribution is 5.60. The molecule has 0 atom stereocenters. The third kappa shape index (κ3) is 1.80. The number of oxazole rings is 1. The summed E-state index contributed by atoms with van der Waals surface area (Å²) >= 11 is 0. The summed E-state index contributed by atoms with van der Waals surface area (Å²) in [5.74, 6) is 1.46. The van der Waals surface area contributed by atoms with Gasteiger partial charge >= 0.3 is 0 Å². The smallest absolute Gasteiger partial charge is 0.243 e. The molecule has 84 valence electrons. The van der Waals surface area contributed by atoms with E-state index in [1.165, 1.54) is 0 Å². The number of rotatable bonds is 2. The Kier molecular flexibility index (Phi) is 2.19. The molecule has 3 rings (SSSR count). The maximum atomic E-state index is 9.21. The van der Waals surface area contributed by atoms with Gasteiger partial charge in [-0.1, -0.05) is 0 Å². The van der Waals surface area contributed by atoms with Crippen molar-refractivity contribution in [3.05, 3.63) is 48.8 Å². The van der Waals surface area contributed by atoms with Gasteiger partial charge in [-0.05, 0) is 36.4 Å². The van der Waals surface area contributed by atoms with Gasteiger partial charge in [0.15, 0.2) is 5.76 Å². The second-order valence-corrected chi connectivity index (χ2v) is 3.66. The van der Waals surface area contributed by atoms with Gasteiger partial charge in [0, 0.05) is 11.8 Å². The molecule has 0 bridgehead atoms. The molecular formula is C13H10N2O2. The lowest BCUT2D eigenvalue weighted by atomic mass is 10.2. The largest absolute Gasteiger partial charge is 0.508 e. The predicted octanol–water partition coefficient (Wildman–Crippen LogP) is 3.04. The number of nitrogens with one attached hydrogen (secondary N) is 1. The van der Waals surface area contributed by atoms with Crippen molar-refractivity contribution < 1.29 is 9.52 Å². The van der Waals surface area contributed by atoms with Crippen LogP contribution in [0.3, 0.4) is 0 Å². The zero-order chi connectivity index (χ0) is 11.7. The number of H-pyrrole nitrogens is 1. The molecular weight excluding hydrogens is 216 g/mol. The van der Waals surface area contributed by atoms with E-state index < -0.39 is 0 Å². The van der Waals surface area contributed by atoms with E-state index in [-0.39, 0.29) is 5.75 Å². The highest BCUT2D eigenvalue weighted by Gasteiger charge is 2.08. The molecule has 0 fully saturated rings. The highest BCUT2D eigenvalue weighted by Crippen LogP contribution is 2.26. The van der Waals surface area contributed by atoms with Crippen LogP contribution in [-0.4, -0.2) is 15.1 Å². The van der Waals surface area contributed by atoms with Crippen molar-refractivity contribution in [1.29, 1.82) is 0 Å². The molecule has 0 aliphatic rings. The molecule has 3 aromatic rings. The zero-order valence-electron chi connectivity index (χ0n) is 8.92. The molecule has 0 amide bonds. The number of hydrogen-bond donors (Lipinski definition) is 2. The van der Waals surface area contributed by atoms with Gasteiger partial charge in [0.1, 0.15) is 11.4 Å². The first-order valence-electron chi connectivity index (χ1n) is 5.22. The van der Waals surface area contributed by atoms with E-state index in [2.05, 4.69) is 9.97 Å². The fraction of sp³-hybridized carbons (Fsp3) is 0. The van der Waals surface area contributed by atoms with E-state index in [0.717, 1.165) is 11.3 Å². The maximum absolute atomic E-state index is 9.21. The molecule has 17 heavy (non-hydrogen) atoms. The number of aromatic hydroxyl groups is 1.